The SMILES string of the molecule is CC(=O)c1sc2nc(NC3CC3)nc(-c3cccc(NC(=O)Nc4ccc(Cl)cc4)c3)c2c1N. The Morgan fingerprint density at radius 1 is 1.06 bits per heavy atom. The van der Waals surface area contributed by atoms with Crippen LogP contribution < -0.4 is 21.7 Å². The third-order valence-electron chi connectivity index (χ3n) is 5.31. The Morgan fingerprint density at radius 2 is 1.79 bits per heavy atom. The van der Waals surface area contributed by atoms with Gasteiger partial charge in [0.25, 0.3) is 0 Å². The Kier molecular flexibility index (Phi) is 5.80. The van der Waals surface area contributed by atoms with E-state index in [1.165, 1.54) is 18.3 Å². The zero-order chi connectivity index (χ0) is 23.8. The highest BCUT2D eigenvalue weighted by Crippen LogP contribution is 2.40. The van der Waals surface area contributed by atoms with Crippen molar-refractivity contribution in [3.8, 4) is 11.3 Å². The number of anilines is 4. The van der Waals surface area contributed by atoms with Crippen LogP contribution in [0.15, 0.2) is 48.5 Å². The third-order valence-corrected chi connectivity index (χ3v) is 6.77. The van der Waals surface area contributed by atoms with Crippen LogP contribution in [0, 0.1) is 0 Å². The monoisotopic (exact) mass is 492 g/mol. The number of Topliss-reactive ketones (excluding diaryl/α,β-unsaturated/α-hetero) is 1. The van der Waals surface area contributed by atoms with Gasteiger partial charge in [0.1, 0.15) is 4.83 Å². The molecule has 2 heterocycles. The van der Waals surface area contributed by atoms with E-state index in [0.717, 1.165) is 18.4 Å². The van der Waals surface area contributed by atoms with Gasteiger partial charge in [0.05, 0.1) is 21.6 Å². The standard InChI is InChI=1S/C24H21ClN6O2S/c1-12(32)21-19(26)18-20(30-23(27-15-9-10-15)31-22(18)34-21)13-3-2-4-17(11-13)29-24(33)28-16-7-5-14(25)6-8-16/h2-8,11,15H,9-10,26H2,1H3,(H,27,30,31)(H2,28,29,33). The molecule has 0 saturated heterocycles. The van der Waals surface area contributed by atoms with Gasteiger partial charge in [0, 0.05) is 34.9 Å². The van der Waals surface area contributed by atoms with Gasteiger partial charge in [-0.25, -0.2) is 14.8 Å². The minimum atomic E-state index is -0.391. The molecule has 0 aliphatic heterocycles. The molecule has 0 bridgehead atoms. The number of hydrogen-bond acceptors (Lipinski definition) is 7. The molecule has 4 aromatic rings. The maximum atomic E-state index is 12.5. The van der Waals surface area contributed by atoms with E-state index in [9.17, 15) is 9.59 Å². The number of nitrogens with one attached hydrogen (secondary N) is 3. The summed E-state index contributed by atoms with van der Waals surface area (Å²) in [5.74, 6) is 0.387. The molecule has 0 atom stereocenters. The van der Waals surface area contributed by atoms with Crippen LogP contribution in [0.5, 0.6) is 0 Å². The largest absolute Gasteiger partial charge is 0.397 e. The molecule has 8 nitrogen and oxygen atoms in total. The highest BCUT2D eigenvalue weighted by Gasteiger charge is 2.25. The molecule has 0 radical (unpaired) electrons. The smallest absolute Gasteiger partial charge is 0.323 e. The number of nitrogens with two attached hydrogens (primary N) is 1. The second kappa shape index (κ2) is 8.92. The van der Waals surface area contributed by atoms with Crippen molar-refractivity contribution in [3.63, 3.8) is 0 Å². The number of nitrogens with zero attached hydrogens (tertiary/aromatic N) is 2. The number of urea groups is 1. The molecule has 5 N–H and O–H groups in total. The summed E-state index contributed by atoms with van der Waals surface area (Å²) in [7, 11) is 0. The number of halogens is 1. The molecule has 172 valence electrons. The Bertz CT molecular complexity index is 1420. The summed E-state index contributed by atoms with van der Waals surface area (Å²) in [6.07, 6.45) is 2.15. The third kappa shape index (κ3) is 4.66. The topological polar surface area (TPSA) is 122 Å². The number of hydrogen-bond donors (Lipinski definition) is 4. The van der Waals surface area contributed by atoms with E-state index in [0.29, 0.717) is 54.9 Å². The fraction of sp³-hybridized carbons (Fsp3) is 0.167. The minimum Gasteiger partial charge on any atom is -0.397 e. The number of rotatable bonds is 6. The first kappa shape index (κ1) is 22.1. The van der Waals surface area contributed by atoms with E-state index in [1.807, 2.05) is 18.2 Å². The zero-order valence-electron chi connectivity index (χ0n) is 18.2. The maximum Gasteiger partial charge on any atom is 0.323 e. The van der Waals surface area contributed by atoms with Gasteiger partial charge in [-0.05, 0) is 49.2 Å². The molecule has 0 spiro atoms. The van der Waals surface area contributed by atoms with Crippen LogP contribution in [-0.4, -0.2) is 27.8 Å². The molecule has 2 amide bonds. The quantitative estimate of drug-likeness (QED) is 0.244. The summed E-state index contributed by atoms with van der Waals surface area (Å²) < 4.78 is 0. The molecule has 5 rings (SSSR count). The van der Waals surface area contributed by atoms with Crippen molar-refractivity contribution < 1.29 is 9.59 Å². The summed E-state index contributed by atoms with van der Waals surface area (Å²) in [5, 5.41) is 10.2. The molecular formula is C24H21ClN6O2S. The Balaban J connectivity index is 1.49. The Labute approximate surface area is 204 Å². The number of nitrogen functional groups attached to an aromatic ring is 1. The van der Waals surface area contributed by atoms with Crippen molar-refractivity contribution in [2.24, 2.45) is 0 Å². The number of ketones is 1. The normalized spacial score (nSPS) is 13.0. The first-order chi connectivity index (χ1) is 16.4. The van der Waals surface area contributed by atoms with E-state index < -0.39 is 6.03 Å². The molecule has 2 aromatic carbocycles. The van der Waals surface area contributed by atoms with E-state index in [2.05, 4.69) is 20.9 Å². The summed E-state index contributed by atoms with van der Waals surface area (Å²) in [6.45, 7) is 1.49. The van der Waals surface area contributed by atoms with Crippen LogP contribution in [-0.2, 0) is 0 Å². The fourth-order valence-corrected chi connectivity index (χ4v) is 4.65. The lowest BCUT2D eigenvalue weighted by atomic mass is 10.1. The molecule has 1 saturated carbocycles. The van der Waals surface area contributed by atoms with Gasteiger partial charge in [-0.3, -0.25) is 4.79 Å². The lowest BCUT2D eigenvalue weighted by Crippen LogP contribution is -2.19. The van der Waals surface area contributed by atoms with Crippen LogP contribution in [0.1, 0.15) is 29.4 Å². The molecule has 1 aliphatic carbocycles. The van der Waals surface area contributed by atoms with E-state index in [4.69, 9.17) is 22.3 Å². The van der Waals surface area contributed by atoms with Crippen LogP contribution in [0.2, 0.25) is 5.02 Å². The number of carbonyl (C=O) groups is 2. The average Bonchev–Trinajstić information content (AvgIpc) is 3.55. The maximum absolute atomic E-state index is 12.5. The van der Waals surface area contributed by atoms with Crippen molar-refractivity contribution in [1.29, 1.82) is 0 Å². The molecule has 34 heavy (non-hydrogen) atoms. The summed E-state index contributed by atoms with van der Waals surface area (Å²) in [4.78, 5) is 35.0. The number of amides is 2. The fourth-order valence-electron chi connectivity index (χ4n) is 3.54. The van der Waals surface area contributed by atoms with Gasteiger partial charge in [-0.1, -0.05) is 23.7 Å². The number of aromatic nitrogens is 2. The van der Waals surface area contributed by atoms with Gasteiger partial charge in [-0.2, -0.15) is 0 Å². The molecule has 1 aliphatic rings. The number of carbonyl (C=O) groups excluding carboxylic acids is 2. The number of fused-ring (bicyclic) bond motifs is 1. The molecule has 2 aromatic heterocycles. The van der Waals surface area contributed by atoms with Crippen LogP contribution in [0.25, 0.3) is 21.5 Å². The predicted molar refractivity (Wildman–Crippen MR) is 138 cm³/mol. The van der Waals surface area contributed by atoms with Crippen molar-refractivity contribution in [1.82, 2.24) is 9.97 Å². The van der Waals surface area contributed by atoms with Gasteiger partial charge >= 0.3 is 6.03 Å². The molecule has 0 unspecified atom stereocenters. The minimum absolute atomic E-state index is 0.113. The lowest BCUT2D eigenvalue weighted by Gasteiger charge is -2.11. The van der Waals surface area contributed by atoms with Crippen molar-refractivity contribution in [2.75, 3.05) is 21.7 Å². The first-order valence-electron chi connectivity index (χ1n) is 10.7. The zero-order valence-corrected chi connectivity index (χ0v) is 19.8. The van der Waals surface area contributed by atoms with Crippen molar-refractivity contribution in [2.45, 2.75) is 25.8 Å². The molecule has 1 fully saturated rings. The average molecular weight is 493 g/mol. The summed E-state index contributed by atoms with van der Waals surface area (Å²) >= 11 is 7.16. The van der Waals surface area contributed by atoms with Gasteiger partial charge in [0.15, 0.2) is 5.78 Å². The van der Waals surface area contributed by atoms with Gasteiger partial charge < -0.3 is 21.7 Å². The Hall–Kier alpha value is -3.69. The van der Waals surface area contributed by atoms with E-state index >= 15 is 0 Å². The molecular weight excluding hydrogens is 472 g/mol. The second-order valence-electron chi connectivity index (χ2n) is 8.06. The second-order valence-corrected chi connectivity index (χ2v) is 9.50. The highest BCUT2D eigenvalue weighted by molar-refractivity contribution is 7.21. The predicted octanol–water partition coefficient (Wildman–Crippen LogP) is 6.01. The molecule has 10 heteroatoms. The van der Waals surface area contributed by atoms with Crippen LogP contribution in [0.3, 0.4) is 0 Å². The van der Waals surface area contributed by atoms with Gasteiger partial charge in [0.2, 0.25) is 5.95 Å². The summed E-state index contributed by atoms with van der Waals surface area (Å²) in [6, 6.07) is 14.1. The highest BCUT2D eigenvalue weighted by atomic mass is 35.5. The van der Waals surface area contributed by atoms with E-state index in [-0.39, 0.29) is 5.78 Å². The van der Waals surface area contributed by atoms with Crippen LogP contribution in [0.4, 0.5) is 27.8 Å². The van der Waals surface area contributed by atoms with Gasteiger partial charge in [-0.15, -0.1) is 11.3 Å². The first-order valence-corrected chi connectivity index (χ1v) is 11.9. The lowest BCUT2D eigenvalue weighted by molar-refractivity contribution is 0.102. The number of thiophene rings is 1. The van der Waals surface area contributed by atoms with Crippen molar-refractivity contribution in [3.05, 3.63) is 58.4 Å². The summed E-state index contributed by atoms with van der Waals surface area (Å²) in [5.41, 5.74) is 9.28. The number of benzene rings is 2. The van der Waals surface area contributed by atoms with Crippen molar-refractivity contribution >= 4 is 68.0 Å². The van der Waals surface area contributed by atoms with Crippen LogP contribution >= 0.6 is 22.9 Å². The Morgan fingerprint density at radius 3 is 2.50 bits per heavy atom. The van der Waals surface area contributed by atoms with E-state index in [1.54, 1.807) is 30.3 Å².